The van der Waals surface area contributed by atoms with E-state index in [-0.39, 0.29) is 11.9 Å². The number of carboxylic acids is 1. The topological polar surface area (TPSA) is 69.6 Å². The van der Waals surface area contributed by atoms with Crippen molar-refractivity contribution in [3.8, 4) is 0 Å². The highest BCUT2D eigenvalue weighted by molar-refractivity contribution is 5.83. The average molecular weight is 280 g/mol. The molecule has 20 heavy (non-hydrogen) atoms. The van der Waals surface area contributed by atoms with Gasteiger partial charge in [-0.1, -0.05) is 12.1 Å². The maximum Gasteiger partial charge on any atom is 0.326 e. The fourth-order valence-corrected chi connectivity index (χ4v) is 2.37. The van der Waals surface area contributed by atoms with Gasteiger partial charge in [0.05, 0.1) is 6.04 Å². The fourth-order valence-electron chi connectivity index (χ4n) is 2.37. The van der Waals surface area contributed by atoms with E-state index in [1.165, 1.54) is 17.0 Å². The Balaban J connectivity index is 2.00. The van der Waals surface area contributed by atoms with Gasteiger partial charge in [0, 0.05) is 6.54 Å². The monoisotopic (exact) mass is 280 g/mol. The molecule has 2 N–H and O–H groups in total. The summed E-state index contributed by atoms with van der Waals surface area (Å²) in [6.07, 6.45) is 1.17. The average Bonchev–Trinajstić information content (AvgIpc) is 2.88. The Morgan fingerprint density at radius 2 is 2.05 bits per heavy atom. The number of hydrogen-bond donors (Lipinski definition) is 2. The summed E-state index contributed by atoms with van der Waals surface area (Å²) in [5.41, 5.74) is 0.769. The number of aliphatic carboxylic acids is 1. The van der Waals surface area contributed by atoms with Crippen molar-refractivity contribution in [1.29, 1.82) is 0 Å². The first kappa shape index (κ1) is 14.3. The summed E-state index contributed by atoms with van der Waals surface area (Å²) in [5, 5.41) is 11.8. The van der Waals surface area contributed by atoms with Crippen molar-refractivity contribution in [3.63, 3.8) is 0 Å². The molecule has 1 aliphatic heterocycles. The predicted molar refractivity (Wildman–Crippen MR) is 70.7 cm³/mol. The molecule has 1 saturated heterocycles. The first-order valence-corrected chi connectivity index (χ1v) is 6.54. The highest BCUT2D eigenvalue weighted by Crippen LogP contribution is 2.19. The molecule has 1 heterocycles. The van der Waals surface area contributed by atoms with Crippen molar-refractivity contribution >= 4 is 12.0 Å². The first-order valence-electron chi connectivity index (χ1n) is 6.54. The maximum absolute atomic E-state index is 12.8. The van der Waals surface area contributed by atoms with Gasteiger partial charge in [-0.15, -0.1) is 0 Å². The van der Waals surface area contributed by atoms with E-state index < -0.39 is 18.0 Å². The molecule has 2 amide bonds. The van der Waals surface area contributed by atoms with Crippen LogP contribution in [0.1, 0.15) is 31.4 Å². The number of rotatable bonds is 3. The third-order valence-electron chi connectivity index (χ3n) is 3.51. The van der Waals surface area contributed by atoms with E-state index in [9.17, 15) is 14.0 Å². The van der Waals surface area contributed by atoms with Crippen LogP contribution in [0, 0.1) is 5.82 Å². The molecule has 0 spiro atoms. The standard InChI is InChI=1S/C14H17FN2O3/c1-9(10-4-6-11(15)7-5-10)16-14(20)17-8-2-3-12(17)13(18)19/h4-7,9,12H,2-3,8H2,1H3,(H,16,20)(H,18,19)/t9?,12-/m1/s1. The number of urea groups is 1. The largest absolute Gasteiger partial charge is 0.480 e. The van der Waals surface area contributed by atoms with E-state index in [0.717, 1.165) is 5.56 Å². The quantitative estimate of drug-likeness (QED) is 0.891. The Bertz CT molecular complexity index is 504. The van der Waals surface area contributed by atoms with Gasteiger partial charge in [0.1, 0.15) is 11.9 Å². The number of nitrogens with one attached hydrogen (secondary N) is 1. The molecular weight excluding hydrogens is 263 g/mol. The number of benzene rings is 1. The number of nitrogens with zero attached hydrogens (tertiary/aromatic N) is 1. The summed E-state index contributed by atoms with van der Waals surface area (Å²) in [6, 6.07) is 4.39. The number of halogens is 1. The van der Waals surface area contributed by atoms with Crippen LogP contribution in [0.2, 0.25) is 0 Å². The second-order valence-electron chi connectivity index (χ2n) is 4.91. The molecule has 1 unspecified atom stereocenters. The van der Waals surface area contributed by atoms with Crippen LogP contribution in [0.3, 0.4) is 0 Å². The number of carbonyl (C=O) groups is 2. The van der Waals surface area contributed by atoms with Crippen molar-refractivity contribution in [3.05, 3.63) is 35.6 Å². The van der Waals surface area contributed by atoms with Crippen molar-refractivity contribution in [2.75, 3.05) is 6.54 Å². The number of amides is 2. The number of likely N-dealkylation sites (tertiary alicyclic amines) is 1. The van der Waals surface area contributed by atoms with Crippen molar-refractivity contribution in [1.82, 2.24) is 10.2 Å². The van der Waals surface area contributed by atoms with Gasteiger partial charge in [0.15, 0.2) is 0 Å². The smallest absolute Gasteiger partial charge is 0.326 e. The Morgan fingerprint density at radius 1 is 1.40 bits per heavy atom. The molecule has 0 bridgehead atoms. The van der Waals surface area contributed by atoms with Gasteiger partial charge in [-0.2, -0.15) is 0 Å². The van der Waals surface area contributed by atoms with Gasteiger partial charge in [0.2, 0.25) is 0 Å². The molecule has 1 aromatic rings. The zero-order valence-electron chi connectivity index (χ0n) is 11.2. The van der Waals surface area contributed by atoms with Crippen molar-refractivity contribution in [2.45, 2.75) is 31.8 Å². The zero-order valence-corrected chi connectivity index (χ0v) is 11.2. The van der Waals surface area contributed by atoms with E-state index >= 15 is 0 Å². The molecule has 2 rings (SSSR count). The molecule has 5 nitrogen and oxygen atoms in total. The predicted octanol–water partition coefficient (Wildman–Crippen LogP) is 2.15. The molecule has 1 fully saturated rings. The van der Waals surface area contributed by atoms with E-state index in [1.54, 1.807) is 19.1 Å². The van der Waals surface area contributed by atoms with Crippen LogP contribution < -0.4 is 5.32 Å². The summed E-state index contributed by atoms with van der Waals surface area (Å²) in [7, 11) is 0. The highest BCUT2D eigenvalue weighted by Gasteiger charge is 2.34. The lowest BCUT2D eigenvalue weighted by molar-refractivity contribution is -0.141. The minimum Gasteiger partial charge on any atom is -0.480 e. The Hall–Kier alpha value is -2.11. The minimum absolute atomic E-state index is 0.307. The van der Waals surface area contributed by atoms with Crippen LogP contribution in [-0.4, -0.2) is 34.6 Å². The second-order valence-corrected chi connectivity index (χ2v) is 4.91. The third-order valence-corrected chi connectivity index (χ3v) is 3.51. The lowest BCUT2D eigenvalue weighted by Gasteiger charge is -2.24. The summed E-state index contributed by atoms with van der Waals surface area (Å²) in [6.45, 7) is 2.22. The SMILES string of the molecule is CC(NC(=O)N1CCC[C@@H]1C(=O)O)c1ccc(F)cc1. The molecule has 1 aliphatic rings. The van der Waals surface area contributed by atoms with Crippen molar-refractivity contribution in [2.24, 2.45) is 0 Å². The first-order chi connectivity index (χ1) is 9.49. The van der Waals surface area contributed by atoms with Crippen LogP contribution in [0.25, 0.3) is 0 Å². The molecule has 108 valence electrons. The van der Waals surface area contributed by atoms with Crippen LogP contribution in [0.5, 0.6) is 0 Å². The van der Waals surface area contributed by atoms with Gasteiger partial charge in [-0.25, -0.2) is 14.0 Å². The normalized spacial score (nSPS) is 19.7. The Labute approximate surface area is 116 Å². The van der Waals surface area contributed by atoms with Gasteiger partial charge in [0.25, 0.3) is 0 Å². The third kappa shape index (κ3) is 3.07. The van der Waals surface area contributed by atoms with E-state index in [2.05, 4.69) is 5.32 Å². The summed E-state index contributed by atoms with van der Waals surface area (Å²) in [4.78, 5) is 24.5. The van der Waals surface area contributed by atoms with Gasteiger partial charge in [-0.05, 0) is 37.5 Å². The fraction of sp³-hybridized carbons (Fsp3) is 0.429. The molecule has 0 radical (unpaired) electrons. The number of carboxylic acid groups (broad SMARTS) is 1. The molecular formula is C14H17FN2O3. The lowest BCUT2D eigenvalue weighted by atomic mass is 10.1. The van der Waals surface area contributed by atoms with Gasteiger partial charge < -0.3 is 15.3 Å². The lowest BCUT2D eigenvalue weighted by Crippen LogP contribution is -2.46. The highest BCUT2D eigenvalue weighted by atomic mass is 19.1. The van der Waals surface area contributed by atoms with E-state index in [4.69, 9.17) is 5.11 Å². The molecule has 2 atom stereocenters. The summed E-state index contributed by atoms with van der Waals surface area (Å²) in [5.74, 6) is -1.31. The maximum atomic E-state index is 12.8. The van der Waals surface area contributed by atoms with E-state index in [1.807, 2.05) is 0 Å². The van der Waals surface area contributed by atoms with E-state index in [0.29, 0.717) is 19.4 Å². The van der Waals surface area contributed by atoms with Crippen molar-refractivity contribution < 1.29 is 19.1 Å². The van der Waals surface area contributed by atoms with Gasteiger partial charge in [-0.3, -0.25) is 0 Å². The van der Waals surface area contributed by atoms with Crippen LogP contribution in [0.4, 0.5) is 9.18 Å². The Morgan fingerprint density at radius 3 is 2.65 bits per heavy atom. The molecule has 1 aromatic carbocycles. The second kappa shape index (κ2) is 5.90. The summed E-state index contributed by atoms with van der Waals surface area (Å²) < 4.78 is 12.8. The van der Waals surface area contributed by atoms with Crippen LogP contribution >= 0.6 is 0 Å². The minimum atomic E-state index is -0.980. The molecule has 0 saturated carbocycles. The Kier molecular flexibility index (Phi) is 4.22. The molecule has 6 heteroatoms. The molecule has 0 aromatic heterocycles. The molecule has 0 aliphatic carbocycles. The van der Waals surface area contributed by atoms with Crippen LogP contribution in [-0.2, 0) is 4.79 Å². The summed E-state index contributed by atoms with van der Waals surface area (Å²) >= 11 is 0. The number of hydrogen-bond acceptors (Lipinski definition) is 2. The van der Waals surface area contributed by atoms with Gasteiger partial charge >= 0.3 is 12.0 Å². The van der Waals surface area contributed by atoms with Crippen LogP contribution in [0.15, 0.2) is 24.3 Å². The zero-order chi connectivity index (χ0) is 14.7. The number of carbonyl (C=O) groups excluding carboxylic acids is 1.